The van der Waals surface area contributed by atoms with Gasteiger partial charge in [-0.05, 0) is 30.2 Å². The molecule has 3 aromatic rings. The molecule has 6 heteroatoms. The van der Waals surface area contributed by atoms with E-state index in [9.17, 15) is 0 Å². The quantitative estimate of drug-likeness (QED) is 0.709. The number of rotatable bonds is 6. The predicted molar refractivity (Wildman–Crippen MR) is 97.1 cm³/mol. The largest absolute Gasteiger partial charge is 0.365 e. The summed E-state index contributed by atoms with van der Waals surface area (Å²) in [6.45, 7) is 3.38. The molecule has 0 aliphatic rings. The van der Waals surface area contributed by atoms with Crippen LogP contribution < -0.4 is 10.6 Å². The summed E-state index contributed by atoms with van der Waals surface area (Å²) in [6, 6.07) is 16.0. The van der Waals surface area contributed by atoms with Gasteiger partial charge in [0, 0.05) is 18.1 Å². The van der Waals surface area contributed by atoms with Crippen LogP contribution in [0.3, 0.4) is 0 Å². The van der Waals surface area contributed by atoms with Crippen molar-refractivity contribution in [2.75, 3.05) is 10.6 Å². The second kappa shape index (κ2) is 7.75. The molecule has 2 aromatic carbocycles. The van der Waals surface area contributed by atoms with Crippen LogP contribution in [0, 0.1) is 6.92 Å². The number of anilines is 2. The van der Waals surface area contributed by atoms with E-state index in [-0.39, 0.29) is 0 Å². The lowest BCUT2D eigenvalue weighted by Crippen LogP contribution is -2.08. The zero-order chi connectivity index (χ0) is 16.8. The van der Waals surface area contributed by atoms with Crippen molar-refractivity contribution < 1.29 is 0 Å². The second-order valence-electron chi connectivity index (χ2n) is 5.48. The molecule has 1 heterocycles. The zero-order valence-electron chi connectivity index (χ0n) is 13.3. The fourth-order valence-electron chi connectivity index (χ4n) is 2.15. The van der Waals surface area contributed by atoms with E-state index in [1.165, 1.54) is 11.1 Å². The smallest absolute Gasteiger partial charge is 0.244 e. The summed E-state index contributed by atoms with van der Waals surface area (Å²) in [4.78, 5) is 4.42. The molecule has 0 radical (unpaired) electrons. The van der Waals surface area contributed by atoms with Gasteiger partial charge in [-0.15, -0.1) is 5.10 Å². The maximum absolute atomic E-state index is 5.88. The molecular weight excluding hydrogens is 322 g/mol. The number of aryl methyl sites for hydroxylation is 1. The number of nitrogens with zero attached hydrogens (tertiary/aromatic N) is 3. The lowest BCUT2D eigenvalue weighted by Gasteiger charge is -2.08. The third kappa shape index (κ3) is 4.67. The van der Waals surface area contributed by atoms with Crippen LogP contribution >= 0.6 is 11.6 Å². The minimum absolute atomic E-state index is 0.485. The number of nitrogens with one attached hydrogen (secondary N) is 2. The van der Waals surface area contributed by atoms with E-state index in [0.29, 0.717) is 24.9 Å². The summed E-state index contributed by atoms with van der Waals surface area (Å²) >= 11 is 5.88. The van der Waals surface area contributed by atoms with E-state index in [2.05, 4.69) is 57.0 Å². The van der Waals surface area contributed by atoms with Crippen LogP contribution in [0.4, 0.5) is 11.8 Å². The molecule has 0 bridgehead atoms. The first-order valence-electron chi connectivity index (χ1n) is 7.66. The Morgan fingerprint density at radius 1 is 0.875 bits per heavy atom. The van der Waals surface area contributed by atoms with Gasteiger partial charge in [0.2, 0.25) is 5.95 Å². The minimum atomic E-state index is 0.485. The highest BCUT2D eigenvalue weighted by Crippen LogP contribution is 2.12. The maximum Gasteiger partial charge on any atom is 0.244 e. The number of aromatic nitrogens is 3. The van der Waals surface area contributed by atoms with E-state index in [1.807, 2.05) is 24.3 Å². The van der Waals surface area contributed by atoms with Gasteiger partial charge in [-0.2, -0.15) is 10.1 Å². The van der Waals surface area contributed by atoms with Crippen molar-refractivity contribution in [1.82, 2.24) is 15.2 Å². The molecule has 0 aliphatic heterocycles. The molecule has 0 unspecified atom stereocenters. The molecule has 0 atom stereocenters. The van der Waals surface area contributed by atoms with Gasteiger partial charge in [-0.3, -0.25) is 0 Å². The Morgan fingerprint density at radius 2 is 1.50 bits per heavy atom. The first-order chi connectivity index (χ1) is 11.7. The molecule has 0 fully saturated rings. The SMILES string of the molecule is Cc1ccc(CNc2cnnc(NCc3ccc(Cl)cc3)n2)cc1. The van der Waals surface area contributed by atoms with E-state index in [4.69, 9.17) is 11.6 Å². The summed E-state index contributed by atoms with van der Waals surface area (Å²) < 4.78 is 0. The van der Waals surface area contributed by atoms with Crippen LogP contribution in [0.2, 0.25) is 5.02 Å². The van der Waals surface area contributed by atoms with Crippen LogP contribution in [-0.4, -0.2) is 15.2 Å². The molecule has 5 nitrogen and oxygen atoms in total. The van der Waals surface area contributed by atoms with Crippen LogP contribution in [0.1, 0.15) is 16.7 Å². The van der Waals surface area contributed by atoms with Crippen LogP contribution in [0.5, 0.6) is 0 Å². The monoisotopic (exact) mass is 339 g/mol. The third-order valence-electron chi connectivity index (χ3n) is 3.52. The Kier molecular flexibility index (Phi) is 5.23. The summed E-state index contributed by atoms with van der Waals surface area (Å²) in [5.41, 5.74) is 3.53. The van der Waals surface area contributed by atoms with Gasteiger partial charge in [0.15, 0.2) is 5.82 Å². The summed E-state index contributed by atoms with van der Waals surface area (Å²) in [7, 11) is 0. The van der Waals surface area contributed by atoms with Crippen molar-refractivity contribution in [1.29, 1.82) is 0 Å². The highest BCUT2D eigenvalue weighted by molar-refractivity contribution is 6.30. The minimum Gasteiger partial charge on any atom is -0.365 e. The Morgan fingerprint density at radius 3 is 2.21 bits per heavy atom. The Labute approximate surface area is 146 Å². The number of hydrogen-bond acceptors (Lipinski definition) is 5. The Hall–Kier alpha value is -2.66. The Balaban J connectivity index is 1.57. The summed E-state index contributed by atoms with van der Waals surface area (Å²) in [5, 5.41) is 15.1. The molecule has 3 rings (SSSR count). The van der Waals surface area contributed by atoms with Gasteiger partial charge in [0.1, 0.15) is 0 Å². The van der Waals surface area contributed by atoms with Gasteiger partial charge in [0.25, 0.3) is 0 Å². The normalized spacial score (nSPS) is 10.4. The molecule has 0 saturated heterocycles. The van der Waals surface area contributed by atoms with Crippen molar-refractivity contribution >= 4 is 23.4 Å². The molecule has 2 N–H and O–H groups in total. The van der Waals surface area contributed by atoms with Gasteiger partial charge >= 0.3 is 0 Å². The first-order valence-corrected chi connectivity index (χ1v) is 8.04. The van der Waals surface area contributed by atoms with Gasteiger partial charge in [-0.25, -0.2) is 0 Å². The number of hydrogen-bond donors (Lipinski definition) is 2. The topological polar surface area (TPSA) is 62.7 Å². The molecule has 0 saturated carbocycles. The zero-order valence-corrected chi connectivity index (χ0v) is 14.1. The van der Waals surface area contributed by atoms with E-state index >= 15 is 0 Å². The second-order valence-corrected chi connectivity index (χ2v) is 5.92. The standard InChI is InChI=1S/C18H18ClN5/c1-13-2-4-14(5-3-13)10-20-17-12-22-24-18(23-17)21-11-15-6-8-16(19)9-7-15/h2-9,12H,10-11H2,1H3,(H2,20,21,23,24). The number of halogens is 1. The van der Waals surface area contributed by atoms with Crippen molar-refractivity contribution in [3.63, 3.8) is 0 Å². The maximum atomic E-state index is 5.88. The highest BCUT2D eigenvalue weighted by Gasteiger charge is 2.01. The fourth-order valence-corrected chi connectivity index (χ4v) is 2.27. The molecule has 122 valence electrons. The summed E-state index contributed by atoms with van der Waals surface area (Å²) in [5.74, 6) is 1.17. The molecule has 24 heavy (non-hydrogen) atoms. The van der Waals surface area contributed by atoms with Gasteiger partial charge < -0.3 is 10.6 Å². The average Bonchev–Trinajstić information content (AvgIpc) is 2.61. The summed E-state index contributed by atoms with van der Waals surface area (Å²) in [6.07, 6.45) is 1.61. The van der Waals surface area contributed by atoms with Crippen LogP contribution in [0.25, 0.3) is 0 Å². The fraction of sp³-hybridized carbons (Fsp3) is 0.167. The van der Waals surface area contributed by atoms with Crippen LogP contribution in [0.15, 0.2) is 54.7 Å². The molecular formula is C18H18ClN5. The van der Waals surface area contributed by atoms with Gasteiger partial charge in [0.05, 0.1) is 6.20 Å². The van der Waals surface area contributed by atoms with Gasteiger partial charge in [-0.1, -0.05) is 53.6 Å². The van der Waals surface area contributed by atoms with E-state index in [1.54, 1.807) is 6.20 Å². The lowest BCUT2D eigenvalue weighted by atomic mass is 10.1. The average molecular weight is 340 g/mol. The number of benzene rings is 2. The molecule has 0 spiro atoms. The predicted octanol–water partition coefficient (Wildman–Crippen LogP) is 4.06. The van der Waals surface area contributed by atoms with Crippen LogP contribution in [-0.2, 0) is 13.1 Å². The first kappa shape index (κ1) is 16.2. The molecule has 0 amide bonds. The molecule has 0 aliphatic carbocycles. The Bertz CT molecular complexity index is 723. The van der Waals surface area contributed by atoms with Crippen molar-refractivity contribution in [3.8, 4) is 0 Å². The lowest BCUT2D eigenvalue weighted by molar-refractivity contribution is 0.937. The van der Waals surface area contributed by atoms with E-state index in [0.717, 1.165) is 10.6 Å². The highest BCUT2D eigenvalue weighted by atomic mass is 35.5. The van der Waals surface area contributed by atoms with E-state index < -0.39 is 0 Å². The van der Waals surface area contributed by atoms with Crippen molar-refractivity contribution in [2.45, 2.75) is 20.0 Å². The van der Waals surface area contributed by atoms with Crippen molar-refractivity contribution in [3.05, 3.63) is 76.4 Å². The molecule has 1 aromatic heterocycles. The van der Waals surface area contributed by atoms with Crippen molar-refractivity contribution in [2.24, 2.45) is 0 Å². The third-order valence-corrected chi connectivity index (χ3v) is 3.77.